The van der Waals surface area contributed by atoms with Crippen molar-refractivity contribution >= 4 is 60.7 Å². The van der Waals surface area contributed by atoms with Crippen LogP contribution in [0.5, 0.6) is 5.75 Å². The number of nitriles is 1. The highest BCUT2D eigenvalue weighted by Gasteiger charge is 2.47. The van der Waals surface area contributed by atoms with Crippen LogP contribution in [0.2, 0.25) is 0 Å². The highest BCUT2D eigenvalue weighted by molar-refractivity contribution is 7.91. The zero-order valence-electron chi connectivity index (χ0n) is 38.0. The van der Waals surface area contributed by atoms with E-state index in [1.807, 2.05) is 61.0 Å². The molecule has 2 nitrogen and oxygen atoms in total. The Kier molecular flexibility index (Phi) is 15.5. The van der Waals surface area contributed by atoms with Gasteiger partial charge in [-0.3, -0.25) is 4.18 Å². The molecule has 0 aromatic heterocycles. The van der Waals surface area contributed by atoms with Crippen LogP contribution in [0.1, 0.15) is 50.1 Å². The summed E-state index contributed by atoms with van der Waals surface area (Å²) in [5.74, 6) is 0.878. The number of fused-ring (bicyclic) bond motifs is 2. The predicted octanol–water partition coefficient (Wildman–Crippen LogP) is 15.3. The van der Waals surface area contributed by atoms with Crippen molar-refractivity contribution in [2.24, 2.45) is 0 Å². The van der Waals surface area contributed by atoms with E-state index < -0.39 is 195 Å². The van der Waals surface area contributed by atoms with Gasteiger partial charge in [-0.2, -0.15) is 132 Å². The van der Waals surface area contributed by atoms with Gasteiger partial charge < -0.3 is 0 Å². The van der Waals surface area contributed by atoms with E-state index in [9.17, 15) is 111 Å². The Balaban J connectivity index is 0.000000397. The van der Waals surface area contributed by atoms with Crippen molar-refractivity contribution in [2.75, 3.05) is 12.5 Å². The van der Waals surface area contributed by atoms with Crippen LogP contribution in [0, 0.1) is 11.3 Å². The zero-order chi connectivity index (χ0) is 58.0. The standard InChI is InChI=1S/C32H12BF24.C17H14NOS/c34-25(35,36)13-1-14(26(37,38)39)6-21(5-13)33(22-7-15(27(40,41)42)2-16(8-22)28(43,44)45,23-9-17(29(46,47)48)3-18(10-23)30(49,50)51)24-11-19(31(52,53)54)4-20(12-24)32(55,56)57;1-20(2)19-17-14-9-5-3-7-12(14)16(11-18)13-8-4-6-10-15(13)17/h1-12H;3-10H,1-2H3/q-1;+1. The van der Waals surface area contributed by atoms with Gasteiger partial charge in [0.15, 0.2) is 11.2 Å². The second-order valence-electron chi connectivity index (χ2n) is 17.0. The van der Waals surface area contributed by atoms with Crippen LogP contribution in [0.15, 0.2) is 121 Å². The van der Waals surface area contributed by atoms with Crippen molar-refractivity contribution in [3.05, 3.63) is 171 Å². The molecule has 7 aromatic rings. The molecule has 0 fully saturated rings. The summed E-state index contributed by atoms with van der Waals surface area (Å²) in [4.78, 5) is 0. The Morgan fingerprint density at radius 1 is 0.338 bits per heavy atom. The largest absolute Gasteiger partial charge is 0.416 e. The summed E-state index contributed by atoms with van der Waals surface area (Å²) >= 11 is -0.170. The van der Waals surface area contributed by atoms with Crippen molar-refractivity contribution in [3.8, 4) is 11.8 Å². The number of nitrogens with zero attached hydrogens (tertiary/aromatic N) is 1. The van der Waals surface area contributed by atoms with Gasteiger partial charge in [-0.05, 0) is 24.3 Å². The van der Waals surface area contributed by atoms with Crippen LogP contribution in [-0.2, 0) is 60.6 Å². The van der Waals surface area contributed by atoms with Gasteiger partial charge >= 0.3 is 49.4 Å². The summed E-state index contributed by atoms with van der Waals surface area (Å²) < 4.78 is 347. The number of rotatable bonds is 6. The van der Waals surface area contributed by atoms with Crippen molar-refractivity contribution in [3.63, 3.8) is 0 Å². The van der Waals surface area contributed by atoms with Crippen LogP contribution in [0.4, 0.5) is 105 Å². The van der Waals surface area contributed by atoms with Crippen molar-refractivity contribution < 1.29 is 110 Å². The molecule has 0 aliphatic heterocycles. The van der Waals surface area contributed by atoms with Gasteiger partial charge in [-0.15, -0.1) is 0 Å². The van der Waals surface area contributed by atoms with Crippen molar-refractivity contribution in [1.29, 1.82) is 5.26 Å². The average molecular weight is 1140 g/mol. The molecule has 0 bridgehead atoms. The fourth-order valence-corrected chi connectivity index (χ4v) is 9.05. The topological polar surface area (TPSA) is 33.0 Å². The molecule has 77 heavy (non-hydrogen) atoms. The van der Waals surface area contributed by atoms with E-state index in [1.54, 1.807) is 0 Å². The molecule has 7 rings (SSSR count). The average Bonchev–Trinajstić information content (AvgIpc) is 3.29. The molecule has 0 amide bonds. The fourth-order valence-electron chi connectivity index (χ4n) is 8.54. The molecule has 7 aromatic carbocycles. The summed E-state index contributed by atoms with van der Waals surface area (Å²) in [5.41, 5.74) is -29.5. The number of hydrogen-bond donors (Lipinski definition) is 0. The van der Waals surface area contributed by atoms with Crippen LogP contribution in [0.25, 0.3) is 21.5 Å². The zero-order valence-corrected chi connectivity index (χ0v) is 38.8. The maximum atomic E-state index is 14.2. The first-order chi connectivity index (χ1) is 35.0. The van der Waals surface area contributed by atoms with E-state index in [-0.39, 0.29) is 11.2 Å². The van der Waals surface area contributed by atoms with Gasteiger partial charge in [0, 0.05) is 21.5 Å². The van der Waals surface area contributed by atoms with Gasteiger partial charge in [0.05, 0.1) is 50.1 Å². The van der Waals surface area contributed by atoms with E-state index >= 15 is 0 Å². The summed E-state index contributed by atoms with van der Waals surface area (Å²) in [6.07, 6.45) is -50.7. The second-order valence-corrected chi connectivity index (χ2v) is 18.6. The maximum absolute atomic E-state index is 14.2. The summed E-state index contributed by atoms with van der Waals surface area (Å²) in [5, 5.41) is 13.4. The van der Waals surface area contributed by atoms with Crippen LogP contribution in [-0.4, -0.2) is 18.7 Å². The first kappa shape index (κ1) is 59.3. The molecule has 0 N–H and O–H groups in total. The number of benzene rings is 7. The first-order valence-electron chi connectivity index (χ1n) is 20.9. The molecule has 0 aliphatic carbocycles. The van der Waals surface area contributed by atoms with Gasteiger partial charge in [0.2, 0.25) is 5.75 Å². The van der Waals surface area contributed by atoms with Gasteiger partial charge in [0.1, 0.15) is 24.7 Å². The SMILES string of the molecule is C[S+](C)Oc1c2ccccc2c(C#N)c2ccccc12.FC(F)(F)c1cc([B-](c2cc(C(F)(F)F)cc(C(F)(F)F)c2)(c2cc(C(F)(F)F)cc(C(F)(F)F)c2)c2cc(C(F)(F)F)cc(C(F)(F)F)c2)cc(C(F)(F)F)c1. The lowest BCUT2D eigenvalue weighted by molar-refractivity contribution is -0.144. The van der Waals surface area contributed by atoms with E-state index in [4.69, 9.17) is 4.18 Å². The number of alkyl halides is 24. The van der Waals surface area contributed by atoms with E-state index in [0.717, 1.165) is 32.9 Å². The van der Waals surface area contributed by atoms with E-state index in [0.29, 0.717) is 0 Å². The highest BCUT2D eigenvalue weighted by atomic mass is 32.2. The third-order valence-electron chi connectivity index (χ3n) is 11.7. The second kappa shape index (κ2) is 20.1. The molecule has 0 atom stereocenters. The molecular formula is C49H26BF24NOS. The Bertz CT molecular complexity index is 2900. The molecule has 28 heteroatoms. The molecule has 0 heterocycles. The molecule has 410 valence electrons. The maximum Gasteiger partial charge on any atom is 0.416 e. The molecule has 0 saturated carbocycles. The molecule has 0 spiro atoms. The third-order valence-corrected chi connectivity index (χ3v) is 12.2. The van der Waals surface area contributed by atoms with Crippen LogP contribution >= 0.6 is 0 Å². The molecule has 0 saturated heterocycles. The Morgan fingerprint density at radius 2 is 0.532 bits per heavy atom. The summed E-state index contributed by atoms with van der Waals surface area (Å²) in [7, 11) is 0. The fraction of sp³-hybridized carbons (Fsp3) is 0.204. The lowest BCUT2D eigenvalue weighted by atomic mass is 9.12. The molecule has 0 aliphatic rings. The minimum Gasteiger partial charge on any atom is -0.285 e. The Morgan fingerprint density at radius 3 is 0.701 bits per heavy atom. The Labute approximate surface area is 419 Å². The van der Waals surface area contributed by atoms with Gasteiger partial charge in [-0.1, -0.05) is 97.1 Å². The summed E-state index contributed by atoms with van der Waals surface area (Å²) in [6, 6.07) is 9.41. The van der Waals surface area contributed by atoms with E-state index in [2.05, 4.69) is 6.07 Å². The molecule has 0 unspecified atom stereocenters. The quantitative estimate of drug-likeness (QED) is 0.0719. The minimum absolute atomic E-state index is 0.170. The monoisotopic (exact) mass is 1140 g/mol. The van der Waals surface area contributed by atoms with Gasteiger partial charge in [0.25, 0.3) is 0 Å². The number of hydrogen-bond acceptors (Lipinski definition) is 2. The highest BCUT2D eigenvalue weighted by Crippen LogP contribution is 2.43. The molecular weight excluding hydrogens is 1120 g/mol. The number of halogens is 24. The van der Waals surface area contributed by atoms with Crippen molar-refractivity contribution in [1.82, 2.24) is 0 Å². The third kappa shape index (κ3) is 12.6. The lowest BCUT2D eigenvalue weighted by Gasteiger charge is -2.46. The van der Waals surface area contributed by atoms with Crippen LogP contribution < -0.4 is 26.0 Å². The van der Waals surface area contributed by atoms with Crippen molar-refractivity contribution in [2.45, 2.75) is 49.4 Å². The summed E-state index contributed by atoms with van der Waals surface area (Å²) in [6.45, 7) is 0. The normalized spacial score (nSPS) is 13.4. The predicted molar refractivity (Wildman–Crippen MR) is 236 cm³/mol. The lowest BCUT2D eigenvalue weighted by Crippen LogP contribution is -2.75. The Hall–Kier alpha value is -6.92. The molecule has 0 radical (unpaired) electrons. The smallest absolute Gasteiger partial charge is 0.285 e. The van der Waals surface area contributed by atoms with Gasteiger partial charge in [-0.25, -0.2) is 0 Å². The van der Waals surface area contributed by atoms with Crippen LogP contribution in [0.3, 0.4) is 0 Å². The first-order valence-corrected chi connectivity index (χ1v) is 22.9. The van der Waals surface area contributed by atoms with E-state index in [1.165, 1.54) is 0 Å². The minimum atomic E-state index is -6.13.